The summed E-state index contributed by atoms with van der Waals surface area (Å²) in [5.41, 5.74) is 0. The minimum absolute atomic E-state index is 0.117. The fourth-order valence-electron chi connectivity index (χ4n) is 5.41. The Morgan fingerprint density at radius 2 is 0.741 bits per heavy atom. The number of hydrogen-bond donors (Lipinski definition) is 0. The van der Waals surface area contributed by atoms with Crippen LogP contribution in [0.1, 0.15) is 181 Å². The largest absolute Gasteiger partial charge is 0.462 e. The molecule has 0 saturated carbocycles. The van der Waals surface area contributed by atoms with Gasteiger partial charge >= 0.3 is 17.9 Å². The third-order valence-electron chi connectivity index (χ3n) is 8.61. The van der Waals surface area contributed by atoms with Gasteiger partial charge < -0.3 is 14.2 Å². The highest BCUT2D eigenvalue weighted by molar-refractivity contribution is 5.71. The highest BCUT2D eigenvalue weighted by Gasteiger charge is 2.19. The number of ether oxygens (including phenoxy) is 3. The van der Waals surface area contributed by atoms with Crippen LogP contribution in [0.2, 0.25) is 0 Å². The normalized spacial score (nSPS) is 12.9. The Kier molecular flexibility index (Phi) is 39.7. The van der Waals surface area contributed by atoms with Gasteiger partial charge in [0.15, 0.2) is 6.10 Å². The summed E-state index contributed by atoms with van der Waals surface area (Å²) in [5.74, 6) is -1.04. The highest BCUT2D eigenvalue weighted by atomic mass is 16.6. The number of hydrogen-bond acceptors (Lipinski definition) is 6. The maximum atomic E-state index is 12.7. The summed E-state index contributed by atoms with van der Waals surface area (Å²) >= 11 is 0. The molecule has 0 bridgehead atoms. The molecule has 0 rings (SSSR count). The summed E-state index contributed by atoms with van der Waals surface area (Å²) in [6.45, 7) is 6.26. The van der Waals surface area contributed by atoms with Gasteiger partial charge in [-0.3, -0.25) is 14.4 Å². The smallest absolute Gasteiger partial charge is 0.306 e. The molecular weight excluding hydrogens is 673 g/mol. The lowest BCUT2D eigenvalue weighted by molar-refractivity contribution is -0.167. The Morgan fingerprint density at radius 3 is 1.26 bits per heavy atom. The van der Waals surface area contributed by atoms with Gasteiger partial charge in [0.2, 0.25) is 0 Å². The van der Waals surface area contributed by atoms with Crippen LogP contribution in [-0.4, -0.2) is 37.2 Å². The summed E-state index contributed by atoms with van der Waals surface area (Å²) in [6.07, 6.45) is 53.0. The minimum atomic E-state index is -0.820. The first-order valence-electron chi connectivity index (χ1n) is 21.6. The molecule has 0 aliphatic heterocycles. The first-order valence-corrected chi connectivity index (χ1v) is 21.6. The molecule has 0 N–H and O–H groups in total. The number of rotatable bonds is 37. The average Bonchev–Trinajstić information content (AvgIpc) is 3.17. The van der Waals surface area contributed by atoms with Crippen molar-refractivity contribution in [3.05, 3.63) is 85.1 Å². The van der Waals surface area contributed by atoms with E-state index in [0.29, 0.717) is 19.3 Å². The zero-order chi connectivity index (χ0) is 39.4. The van der Waals surface area contributed by atoms with E-state index >= 15 is 0 Å². The molecule has 0 saturated heterocycles. The lowest BCUT2D eigenvalue weighted by atomic mass is 10.1. The molecule has 0 aliphatic rings. The van der Waals surface area contributed by atoms with Gasteiger partial charge in [-0.25, -0.2) is 0 Å². The lowest BCUT2D eigenvalue weighted by Gasteiger charge is -2.18. The van der Waals surface area contributed by atoms with Crippen molar-refractivity contribution in [2.75, 3.05) is 13.2 Å². The molecule has 1 unspecified atom stereocenters. The van der Waals surface area contributed by atoms with Gasteiger partial charge in [0.05, 0.1) is 0 Å². The van der Waals surface area contributed by atoms with Crippen molar-refractivity contribution >= 4 is 17.9 Å². The maximum absolute atomic E-state index is 12.7. The van der Waals surface area contributed by atoms with Gasteiger partial charge in [-0.05, 0) is 103 Å². The van der Waals surface area contributed by atoms with Crippen molar-refractivity contribution in [2.45, 2.75) is 187 Å². The lowest BCUT2D eigenvalue weighted by Crippen LogP contribution is -2.30. The SMILES string of the molecule is CC/C=C\C/C=C\C/C=C\CCCCC(=O)OC(COC(=O)CCC/C=C\C/C=C\C/C=C\CC)COC(=O)CCCCC/C=C\CCCCCCCC. The summed E-state index contributed by atoms with van der Waals surface area (Å²) in [5, 5.41) is 0. The Morgan fingerprint density at radius 1 is 0.389 bits per heavy atom. The predicted molar refractivity (Wildman–Crippen MR) is 228 cm³/mol. The molecule has 6 nitrogen and oxygen atoms in total. The summed E-state index contributed by atoms with van der Waals surface area (Å²) in [4.78, 5) is 37.6. The van der Waals surface area contributed by atoms with Gasteiger partial charge in [0.1, 0.15) is 13.2 Å². The van der Waals surface area contributed by atoms with Gasteiger partial charge in [0, 0.05) is 19.3 Å². The summed E-state index contributed by atoms with van der Waals surface area (Å²) in [7, 11) is 0. The number of carbonyl (C=O) groups is 3. The van der Waals surface area contributed by atoms with E-state index in [0.717, 1.165) is 89.9 Å². The van der Waals surface area contributed by atoms with Crippen LogP contribution in [-0.2, 0) is 28.6 Å². The van der Waals surface area contributed by atoms with Gasteiger partial charge in [-0.2, -0.15) is 0 Å². The van der Waals surface area contributed by atoms with Crippen LogP contribution >= 0.6 is 0 Å². The van der Waals surface area contributed by atoms with Crippen molar-refractivity contribution in [2.24, 2.45) is 0 Å². The Hall–Kier alpha value is -3.41. The van der Waals surface area contributed by atoms with E-state index in [2.05, 4.69) is 106 Å². The van der Waals surface area contributed by atoms with Crippen LogP contribution in [0.4, 0.5) is 0 Å². The van der Waals surface area contributed by atoms with E-state index in [1.165, 1.54) is 38.5 Å². The van der Waals surface area contributed by atoms with E-state index < -0.39 is 6.10 Å². The second kappa shape index (κ2) is 42.3. The van der Waals surface area contributed by atoms with Gasteiger partial charge in [-0.1, -0.05) is 144 Å². The predicted octanol–water partition coefficient (Wildman–Crippen LogP) is 13.7. The van der Waals surface area contributed by atoms with Crippen molar-refractivity contribution in [1.29, 1.82) is 0 Å². The van der Waals surface area contributed by atoms with Crippen LogP contribution in [0.5, 0.6) is 0 Å². The molecule has 0 heterocycles. The molecule has 0 amide bonds. The Bertz CT molecular complexity index is 1090. The molecule has 0 radical (unpaired) electrons. The summed E-state index contributed by atoms with van der Waals surface area (Å²) in [6, 6.07) is 0. The number of esters is 3. The third-order valence-corrected chi connectivity index (χ3v) is 8.61. The van der Waals surface area contributed by atoms with E-state index in [4.69, 9.17) is 14.2 Å². The van der Waals surface area contributed by atoms with Crippen LogP contribution in [0.15, 0.2) is 85.1 Å². The fraction of sp³-hybridized carbons (Fsp3) is 0.646. The van der Waals surface area contributed by atoms with Crippen molar-refractivity contribution in [1.82, 2.24) is 0 Å². The van der Waals surface area contributed by atoms with Crippen molar-refractivity contribution in [3.63, 3.8) is 0 Å². The molecule has 0 fully saturated rings. The molecule has 0 spiro atoms. The minimum Gasteiger partial charge on any atom is -0.462 e. The monoisotopic (exact) mass is 751 g/mol. The standard InChI is InChI=1S/C48H78O6/c1-4-7-10-13-16-19-22-24-27-29-32-35-38-41-47(50)53-44-45(43-52-46(49)40-37-34-31-28-25-21-18-15-12-9-6-3)54-48(51)42-39-36-33-30-26-23-20-17-14-11-8-5-2/h8-9,11-12,17-18,20-21,24,26-28,30-31,45H,4-7,10,13-16,19,22-23,25,29,32-44H2,1-3H3/b11-8-,12-9-,20-17-,21-18-,27-24-,30-26-,31-28-. The van der Waals surface area contributed by atoms with E-state index in [-0.39, 0.29) is 44.0 Å². The van der Waals surface area contributed by atoms with Gasteiger partial charge in [0.25, 0.3) is 0 Å². The molecule has 0 aliphatic carbocycles. The molecule has 6 heteroatoms. The average molecular weight is 751 g/mol. The second-order valence-corrected chi connectivity index (χ2v) is 13.8. The van der Waals surface area contributed by atoms with E-state index in [1.54, 1.807) is 0 Å². The van der Waals surface area contributed by atoms with Crippen LogP contribution in [0.25, 0.3) is 0 Å². The quantitative estimate of drug-likeness (QED) is 0.0272. The molecule has 54 heavy (non-hydrogen) atoms. The van der Waals surface area contributed by atoms with E-state index in [1.807, 2.05) is 0 Å². The summed E-state index contributed by atoms with van der Waals surface area (Å²) < 4.78 is 16.6. The zero-order valence-corrected chi connectivity index (χ0v) is 34.7. The third kappa shape index (κ3) is 39.8. The molecule has 0 aromatic carbocycles. The number of unbranched alkanes of at least 4 members (excludes halogenated alkanes) is 12. The van der Waals surface area contributed by atoms with Crippen molar-refractivity contribution < 1.29 is 28.6 Å². The van der Waals surface area contributed by atoms with Gasteiger partial charge in [-0.15, -0.1) is 0 Å². The second-order valence-electron chi connectivity index (χ2n) is 13.8. The number of allylic oxidation sites excluding steroid dienone is 14. The van der Waals surface area contributed by atoms with Crippen LogP contribution in [0, 0.1) is 0 Å². The molecular formula is C48H78O6. The zero-order valence-electron chi connectivity index (χ0n) is 34.7. The van der Waals surface area contributed by atoms with Crippen molar-refractivity contribution in [3.8, 4) is 0 Å². The topological polar surface area (TPSA) is 78.9 Å². The van der Waals surface area contributed by atoms with Crippen LogP contribution < -0.4 is 0 Å². The molecule has 306 valence electrons. The highest BCUT2D eigenvalue weighted by Crippen LogP contribution is 2.11. The first-order chi connectivity index (χ1) is 26.5. The van der Waals surface area contributed by atoms with Crippen LogP contribution in [0.3, 0.4) is 0 Å². The Labute approximate surface area is 331 Å². The van der Waals surface area contributed by atoms with E-state index in [9.17, 15) is 14.4 Å². The first kappa shape index (κ1) is 50.6. The fourth-order valence-corrected chi connectivity index (χ4v) is 5.41. The molecule has 0 aromatic heterocycles. The maximum Gasteiger partial charge on any atom is 0.306 e. The number of carbonyl (C=O) groups excluding carboxylic acids is 3. The molecule has 0 aromatic rings. The Balaban J connectivity index is 4.54. The molecule has 1 atom stereocenters.